The van der Waals surface area contributed by atoms with Gasteiger partial charge in [-0.25, -0.2) is 0 Å². The average Bonchev–Trinajstić information content (AvgIpc) is 2.38. The number of carbonyl (C=O) groups excluding carboxylic acids is 1. The van der Waals surface area contributed by atoms with E-state index in [0.29, 0.717) is 13.0 Å². The van der Waals surface area contributed by atoms with Crippen molar-refractivity contribution in [1.82, 2.24) is 5.32 Å². The number of amides is 1. The Morgan fingerprint density at radius 3 is 2.37 bits per heavy atom. The van der Waals surface area contributed by atoms with E-state index >= 15 is 0 Å². The number of carbonyl (C=O) groups is 2. The molecule has 1 atom stereocenters. The van der Waals surface area contributed by atoms with Gasteiger partial charge in [0.2, 0.25) is 5.91 Å². The molecular weight excluding hydrogens is 242 g/mol. The van der Waals surface area contributed by atoms with Crippen molar-refractivity contribution in [3.8, 4) is 0 Å². The number of benzene rings is 1. The third-order valence-corrected chi connectivity index (χ3v) is 3.32. The molecule has 0 heterocycles. The van der Waals surface area contributed by atoms with E-state index in [0.717, 1.165) is 5.56 Å². The molecular formula is C15H21NO3. The molecule has 0 aliphatic rings. The third kappa shape index (κ3) is 4.39. The van der Waals surface area contributed by atoms with Crippen molar-refractivity contribution in [1.29, 1.82) is 0 Å². The maximum atomic E-state index is 11.9. The molecule has 1 rings (SSSR count). The van der Waals surface area contributed by atoms with E-state index in [1.807, 2.05) is 37.3 Å². The number of hydrogen-bond donors (Lipinski definition) is 2. The van der Waals surface area contributed by atoms with Crippen LogP contribution in [0.1, 0.15) is 38.7 Å². The van der Waals surface area contributed by atoms with Gasteiger partial charge in [0.15, 0.2) is 0 Å². The first-order chi connectivity index (χ1) is 8.84. The summed E-state index contributed by atoms with van der Waals surface area (Å²) in [6.45, 7) is 5.52. The van der Waals surface area contributed by atoms with Crippen molar-refractivity contribution in [2.45, 2.75) is 33.1 Å². The van der Waals surface area contributed by atoms with E-state index < -0.39 is 11.4 Å². The van der Waals surface area contributed by atoms with E-state index in [-0.39, 0.29) is 11.8 Å². The molecule has 1 amide bonds. The summed E-state index contributed by atoms with van der Waals surface area (Å²) in [5.41, 5.74) is 0.140. The maximum Gasteiger partial charge on any atom is 0.309 e. The molecule has 4 nitrogen and oxygen atoms in total. The Hall–Kier alpha value is -1.84. The van der Waals surface area contributed by atoms with Crippen LogP contribution in [-0.2, 0) is 9.59 Å². The highest BCUT2D eigenvalue weighted by Gasteiger charge is 2.26. The lowest BCUT2D eigenvalue weighted by Crippen LogP contribution is -2.33. The van der Waals surface area contributed by atoms with Crippen molar-refractivity contribution >= 4 is 11.9 Å². The lowest BCUT2D eigenvalue weighted by atomic mass is 9.89. The Bertz CT molecular complexity index is 440. The lowest BCUT2D eigenvalue weighted by molar-refractivity contribution is -0.147. The molecule has 2 N–H and O–H groups in total. The van der Waals surface area contributed by atoms with Gasteiger partial charge in [-0.3, -0.25) is 9.59 Å². The molecule has 104 valence electrons. The molecule has 1 aromatic rings. The maximum absolute atomic E-state index is 11.9. The van der Waals surface area contributed by atoms with Gasteiger partial charge in [-0.15, -0.1) is 0 Å². The molecule has 0 spiro atoms. The highest BCUT2D eigenvalue weighted by molar-refractivity contribution is 5.83. The largest absolute Gasteiger partial charge is 0.481 e. The second-order valence-corrected chi connectivity index (χ2v) is 5.36. The lowest BCUT2D eigenvalue weighted by Gasteiger charge is -2.20. The van der Waals surface area contributed by atoms with E-state index in [9.17, 15) is 9.59 Å². The Morgan fingerprint density at radius 1 is 1.26 bits per heavy atom. The van der Waals surface area contributed by atoms with Gasteiger partial charge in [0, 0.05) is 6.54 Å². The van der Waals surface area contributed by atoms with Crippen LogP contribution in [0.15, 0.2) is 30.3 Å². The van der Waals surface area contributed by atoms with Crippen LogP contribution in [0.2, 0.25) is 0 Å². The monoisotopic (exact) mass is 263 g/mol. The number of hydrogen-bond acceptors (Lipinski definition) is 2. The topological polar surface area (TPSA) is 66.4 Å². The highest BCUT2D eigenvalue weighted by Crippen LogP contribution is 2.20. The summed E-state index contributed by atoms with van der Waals surface area (Å²) in [4.78, 5) is 22.9. The zero-order valence-corrected chi connectivity index (χ0v) is 11.6. The summed E-state index contributed by atoms with van der Waals surface area (Å²) in [6, 6.07) is 9.51. The van der Waals surface area contributed by atoms with Gasteiger partial charge < -0.3 is 10.4 Å². The van der Waals surface area contributed by atoms with Crippen LogP contribution in [0.3, 0.4) is 0 Å². The Kier molecular flexibility index (Phi) is 5.10. The van der Waals surface area contributed by atoms with Crippen LogP contribution in [0.25, 0.3) is 0 Å². The molecule has 0 aliphatic carbocycles. The van der Waals surface area contributed by atoms with E-state index in [4.69, 9.17) is 5.11 Å². The van der Waals surface area contributed by atoms with Crippen LogP contribution in [0.5, 0.6) is 0 Å². The van der Waals surface area contributed by atoms with Gasteiger partial charge in [0.25, 0.3) is 0 Å². The summed E-state index contributed by atoms with van der Waals surface area (Å²) in [6.07, 6.45) is 0.412. The van der Waals surface area contributed by atoms with Crippen LogP contribution >= 0.6 is 0 Å². The van der Waals surface area contributed by atoms with E-state index in [2.05, 4.69) is 5.32 Å². The van der Waals surface area contributed by atoms with Crippen LogP contribution < -0.4 is 5.32 Å². The Morgan fingerprint density at radius 2 is 1.84 bits per heavy atom. The quantitative estimate of drug-likeness (QED) is 0.828. The fourth-order valence-electron chi connectivity index (χ4n) is 1.65. The van der Waals surface area contributed by atoms with E-state index in [1.165, 1.54) is 0 Å². The predicted octanol–water partition coefficient (Wildman–Crippen LogP) is 2.41. The number of aliphatic carboxylic acids is 1. The summed E-state index contributed by atoms with van der Waals surface area (Å²) in [5.74, 6) is -1.15. The highest BCUT2D eigenvalue weighted by atomic mass is 16.4. The number of carboxylic acids is 1. The van der Waals surface area contributed by atoms with Gasteiger partial charge in [-0.2, -0.15) is 0 Å². The molecule has 0 aliphatic heterocycles. The minimum atomic E-state index is -0.849. The molecule has 0 fully saturated rings. The average molecular weight is 263 g/mol. The summed E-state index contributed by atoms with van der Waals surface area (Å²) >= 11 is 0. The summed E-state index contributed by atoms with van der Waals surface area (Å²) in [5, 5.41) is 11.8. The Balaban J connectivity index is 2.46. The second kappa shape index (κ2) is 6.36. The predicted molar refractivity (Wildman–Crippen MR) is 73.9 cm³/mol. The molecule has 0 saturated carbocycles. The van der Waals surface area contributed by atoms with Crippen molar-refractivity contribution < 1.29 is 14.7 Å². The molecule has 1 aromatic carbocycles. The fourth-order valence-corrected chi connectivity index (χ4v) is 1.65. The van der Waals surface area contributed by atoms with Gasteiger partial charge >= 0.3 is 5.97 Å². The van der Waals surface area contributed by atoms with Crippen molar-refractivity contribution in [3.63, 3.8) is 0 Å². The van der Waals surface area contributed by atoms with E-state index in [1.54, 1.807) is 13.8 Å². The first-order valence-electron chi connectivity index (χ1n) is 6.40. The minimum Gasteiger partial charge on any atom is -0.481 e. The van der Waals surface area contributed by atoms with Crippen molar-refractivity contribution in [2.75, 3.05) is 6.54 Å². The summed E-state index contributed by atoms with van der Waals surface area (Å²) in [7, 11) is 0. The molecule has 0 bridgehead atoms. The first-order valence-corrected chi connectivity index (χ1v) is 6.40. The number of carboxylic acid groups (broad SMARTS) is 1. The molecule has 4 heteroatoms. The van der Waals surface area contributed by atoms with Crippen molar-refractivity contribution in [2.24, 2.45) is 5.41 Å². The third-order valence-electron chi connectivity index (χ3n) is 3.32. The number of nitrogens with one attached hydrogen (secondary N) is 1. The van der Waals surface area contributed by atoms with Crippen LogP contribution in [-0.4, -0.2) is 23.5 Å². The standard InChI is InChI=1S/C15H21NO3/c1-11(12-7-5-4-6-8-12)13(17)16-10-9-15(2,3)14(18)19/h4-8,11H,9-10H2,1-3H3,(H,16,17)(H,18,19)/t11-/m0/s1. The fraction of sp³-hybridized carbons (Fsp3) is 0.467. The normalized spacial score (nSPS) is 12.8. The SMILES string of the molecule is C[C@H](C(=O)NCCC(C)(C)C(=O)O)c1ccccc1. The van der Waals surface area contributed by atoms with Gasteiger partial charge in [0.05, 0.1) is 11.3 Å². The zero-order chi connectivity index (χ0) is 14.5. The van der Waals surface area contributed by atoms with Crippen molar-refractivity contribution in [3.05, 3.63) is 35.9 Å². The zero-order valence-electron chi connectivity index (χ0n) is 11.6. The molecule has 19 heavy (non-hydrogen) atoms. The molecule has 0 saturated heterocycles. The Labute approximate surface area is 113 Å². The molecule has 0 aromatic heterocycles. The number of rotatable bonds is 6. The van der Waals surface area contributed by atoms with Gasteiger partial charge in [0.1, 0.15) is 0 Å². The van der Waals surface area contributed by atoms with Gasteiger partial charge in [-0.05, 0) is 32.8 Å². The second-order valence-electron chi connectivity index (χ2n) is 5.36. The van der Waals surface area contributed by atoms with Crippen LogP contribution in [0.4, 0.5) is 0 Å². The van der Waals surface area contributed by atoms with Gasteiger partial charge in [-0.1, -0.05) is 30.3 Å². The first kappa shape index (κ1) is 15.2. The van der Waals surface area contributed by atoms with Crippen LogP contribution in [0, 0.1) is 5.41 Å². The molecule has 0 unspecified atom stereocenters. The smallest absolute Gasteiger partial charge is 0.309 e. The molecule has 0 radical (unpaired) electrons. The summed E-state index contributed by atoms with van der Waals surface area (Å²) < 4.78 is 0. The minimum absolute atomic E-state index is 0.0765.